The van der Waals surface area contributed by atoms with Crippen molar-refractivity contribution in [2.45, 2.75) is 0 Å². The normalized spacial score (nSPS) is 11.1. The number of aromatic nitrogens is 3. The Bertz CT molecular complexity index is 1280. The number of nitrogens with zero attached hydrogens (tertiary/aromatic N) is 3. The molecule has 4 N–H and O–H groups in total. The molecule has 0 unspecified atom stereocenters. The van der Waals surface area contributed by atoms with Gasteiger partial charge in [0.15, 0.2) is 5.13 Å². The predicted molar refractivity (Wildman–Crippen MR) is 121 cm³/mol. The molecule has 31 heavy (non-hydrogen) atoms. The quantitative estimate of drug-likeness (QED) is 0.337. The zero-order chi connectivity index (χ0) is 22.0. The number of hydrogen-bond donors (Lipinski definition) is 4. The Hall–Kier alpha value is -3.21. The van der Waals surface area contributed by atoms with Crippen LogP contribution in [0.3, 0.4) is 0 Å². The minimum atomic E-state index is -0.385. The highest BCUT2D eigenvalue weighted by Crippen LogP contribution is 2.31. The van der Waals surface area contributed by atoms with Gasteiger partial charge in [-0.15, -0.1) is 0 Å². The lowest BCUT2D eigenvalue weighted by Crippen LogP contribution is -2.37. The molecule has 0 fully saturated rings. The zero-order valence-electron chi connectivity index (χ0n) is 16.5. The third-order valence-electron chi connectivity index (χ3n) is 4.56. The van der Waals surface area contributed by atoms with E-state index in [-0.39, 0.29) is 31.5 Å². The fraction of sp³-hybridized carbons (Fsp3) is 0.200. The monoisotopic (exact) mass is 458 g/mol. The Kier molecular flexibility index (Phi) is 6.03. The van der Waals surface area contributed by atoms with Crippen LogP contribution in [-0.4, -0.2) is 51.2 Å². The molecular weight excluding hydrogens is 440 g/mol. The van der Waals surface area contributed by atoms with Gasteiger partial charge in [0, 0.05) is 24.2 Å². The van der Waals surface area contributed by atoms with Crippen LogP contribution < -0.4 is 16.0 Å². The maximum Gasteiger partial charge on any atom is 0.251 e. The van der Waals surface area contributed by atoms with Gasteiger partial charge in [-0.25, -0.2) is 9.97 Å². The van der Waals surface area contributed by atoms with E-state index in [1.54, 1.807) is 24.3 Å². The number of amides is 2. The van der Waals surface area contributed by atoms with Gasteiger partial charge in [-0.3, -0.25) is 9.59 Å². The summed E-state index contributed by atoms with van der Waals surface area (Å²) in [7, 11) is 1.87. The Balaban J connectivity index is 1.51. The summed E-state index contributed by atoms with van der Waals surface area (Å²) in [6.07, 6.45) is 0. The first kappa shape index (κ1) is 21.0. The van der Waals surface area contributed by atoms with E-state index in [9.17, 15) is 9.59 Å². The number of halogens is 1. The van der Waals surface area contributed by atoms with Crippen molar-refractivity contribution in [3.63, 3.8) is 0 Å². The number of fused-ring (bicyclic) bond motifs is 2. The first-order valence-electron chi connectivity index (χ1n) is 9.40. The van der Waals surface area contributed by atoms with Gasteiger partial charge in [0.2, 0.25) is 11.9 Å². The number of anilines is 2. The predicted octanol–water partition coefficient (Wildman–Crippen LogP) is 2.42. The van der Waals surface area contributed by atoms with Gasteiger partial charge >= 0.3 is 0 Å². The molecule has 0 aliphatic carbocycles. The van der Waals surface area contributed by atoms with Crippen LogP contribution in [0, 0.1) is 0 Å². The van der Waals surface area contributed by atoms with Crippen molar-refractivity contribution in [2.24, 2.45) is 7.05 Å². The second kappa shape index (κ2) is 8.88. The summed E-state index contributed by atoms with van der Waals surface area (Å²) in [6.45, 7) is -0.184. The van der Waals surface area contributed by atoms with E-state index in [1.165, 1.54) is 11.3 Å². The van der Waals surface area contributed by atoms with Gasteiger partial charge in [-0.2, -0.15) is 0 Å². The van der Waals surface area contributed by atoms with Crippen LogP contribution in [0.1, 0.15) is 10.4 Å². The minimum absolute atomic E-state index is 0.145. The Labute approximate surface area is 186 Å². The number of benzene rings is 2. The Morgan fingerprint density at radius 1 is 1.13 bits per heavy atom. The largest absolute Gasteiger partial charge is 0.395 e. The van der Waals surface area contributed by atoms with Gasteiger partial charge in [0.1, 0.15) is 0 Å². The lowest BCUT2D eigenvalue weighted by molar-refractivity contribution is -0.120. The maximum atomic E-state index is 12.4. The molecule has 2 amide bonds. The number of imidazole rings is 1. The summed E-state index contributed by atoms with van der Waals surface area (Å²) >= 11 is 7.52. The SMILES string of the molecule is Cn1c(Nc2nc3ccc(Cl)cc3s2)nc2cc(C(=O)NCC(=O)NCCO)ccc21. The Morgan fingerprint density at radius 3 is 2.77 bits per heavy atom. The molecule has 11 heteroatoms. The number of thiazole rings is 1. The van der Waals surface area contributed by atoms with E-state index < -0.39 is 0 Å². The van der Waals surface area contributed by atoms with Gasteiger partial charge in [0.05, 0.1) is 34.4 Å². The number of aliphatic hydroxyl groups is 1. The second-order valence-corrected chi connectivity index (χ2v) is 8.18. The van der Waals surface area contributed by atoms with Gasteiger partial charge in [-0.1, -0.05) is 22.9 Å². The van der Waals surface area contributed by atoms with Crippen molar-refractivity contribution in [3.05, 3.63) is 47.0 Å². The highest BCUT2D eigenvalue weighted by molar-refractivity contribution is 7.22. The van der Waals surface area contributed by atoms with Crippen molar-refractivity contribution in [3.8, 4) is 0 Å². The van der Waals surface area contributed by atoms with Crippen LogP contribution in [0.5, 0.6) is 0 Å². The molecule has 2 aromatic heterocycles. The average molecular weight is 459 g/mol. The molecule has 0 aliphatic rings. The maximum absolute atomic E-state index is 12.4. The number of carbonyl (C=O) groups excluding carboxylic acids is 2. The molecule has 2 heterocycles. The van der Waals surface area contributed by atoms with Gasteiger partial charge in [-0.05, 0) is 36.4 Å². The lowest BCUT2D eigenvalue weighted by Gasteiger charge is -2.06. The third kappa shape index (κ3) is 4.61. The summed E-state index contributed by atoms with van der Waals surface area (Å²) in [5, 5.41) is 18.3. The smallest absolute Gasteiger partial charge is 0.251 e. The molecule has 4 aromatic rings. The number of aliphatic hydroxyl groups excluding tert-OH is 1. The lowest BCUT2D eigenvalue weighted by atomic mass is 10.2. The molecule has 4 rings (SSSR count). The van der Waals surface area contributed by atoms with E-state index in [2.05, 4.69) is 25.9 Å². The molecule has 0 aliphatic heterocycles. The molecule has 160 valence electrons. The molecular formula is C20H19ClN6O3S. The molecule has 0 saturated carbocycles. The molecule has 0 spiro atoms. The van der Waals surface area contributed by atoms with E-state index in [4.69, 9.17) is 16.7 Å². The van der Waals surface area contributed by atoms with E-state index in [0.29, 0.717) is 27.2 Å². The number of hydrogen-bond acceptors (Lipinski definition) is 7. The number of rotatable bonds is 7. The third-order valence-corrected chi connectivity index (χ3v) is 5.72. The van der Waals surface area contributed by atoms with Crippen LogP contribution in [0.25, 0.3) is 21.3 Å². The number of nitrogens with one attached hydrogen (secondary N) is 3. The van der Waals surface area contributed by atoms with E-state index >= 15 is 0 Å². The summed E-state index contributed by atoms with van der Waals surface area (Å²) in [5.74, 6) is -0.171. The molecule has 0 saturated heterocycles. The Morgan fingerprint density at radius 2 is 1.97 bits per heavy atom. The summed E-state index contributed by atoms with van der Waals surface area (Å²) in [6, 6.07) is 10.7. The molecule has 0 radical (unpaired) electrons. The second-order valence-electron chi connectivity index (χ2n) is 6.71. The van der Waals surface area contributed by atoms with Crippen molar-refractivity contribution in [2.75, 3.05) is 25.0 Å². The van der Waals surface area contributed by atoms with E-state index in [1.807, 2.05) is 23.7 Å². The molecule has 9 nitrogen and oxygen atoms in total. The van der Waals surface area contributed by atoms with E-state index in [0.717, 1.165) is 15.7 Å². The summed E-state index contributed by atoms with van der Waals surface area (Å²) < 4.78 is 2.84. The first-order chi connectivity index (χ1) is 14.9. The standard InChI is InChI=1S/C20H19ClN6O3S/c1-27-15-5-2-11(18(30)23-10-17(29)22-6-7-28)8-14(15)24-19(27)26-20-25-13-4-3-12(21)9-16(13)31-20/h2-5,8-9,28H,6-7,10H2,1H3,(H,22,29)(H,23,30)(H,24,25,26). The fourth-order valence-corrected chi connectivity index (χ4v) is 4.16. The summed E-state index contributed by atoms with van der Waals surface area (Å²) in [5.41, 5.74) is 2.70. The molecule has 0 bridgehead atoms. The van der Waals surface area contributed by atoms with Crippen LogP contribution in [0.4, 0.5) is 11.1 Å². The molecule has 0 atom stereocenters. The van der Waals surface area contributed by atoms with Crippen LogP contribution in [-0.2, 0) is 11.8 Å². The fourth-order valence-electron chi connectivity index (χ4n) is 3.02. The zero-order valence-corrected chi connectivity index (χ0v) is 18.0. The number of aryl methyl sites for hydroxylation is 1. The van der Waals surface area contributed by atoms with Crippen LogP contribution in [0.2, 0.25) is 5.02 Å². The van der Waals surface area contributed by atoms with Crippen molar-refractivity contribution >= 4 is 67.1 Å². The topological polar surface area (TPSA) is 121 Å². The average Bonchev–Trinajstić information content (AvgIpc) is 3.29. The van der Waals surface area contributed by atoms with Crippen LogP contribution >= 0.6 is 22.9 Å². The summed E-state index contributed by atoms with van der Waals surface area (Å²) in [4.78, 5) is 33.1. The first-order valence-corrected chi connectivity index (χ1v) is 10.6. The van der Waals surface area contributed by atoms with Crippen molar-refractivity contribution in [1.29, 1.82) is 0 Å². The van der Waals surface area contributed by atoms with Crippen LogP contribution in [0.15, 0.2) is 36.4 Å². The van der Waals surface area contributed by atoms with Gasteiger partial charge in [0.25, 0.3) is 5.91 Å². The highest BCUT2D eigenvalue weighted by atomic mass is 35.5. The number of carbonyl (C=O) groups is 2. The van der Waals surface area contributed by atoms with Crippen molar-refractivity contribution in [1.82, 2.24) is 25.2 Å². The van der Waals surface area contributed by atoms with Crippen molar-refractivity contribution < 1.29 is 14.7 Å². The van der Waals surface area contributed by atoms with Gasteiger partial charge < -0.3 is 25.6 Å². The highest BCUT2D eigenvalue weighted by Gasteiger charge is 2.14. The minimum Gasteiger partial charge on any atom is -0.395 e. The molecule has 2 aromatic carbocycles.